The second-order valence-corrected chi connectivity index (χ2v) is 5.07. The lowest BCUT2D eigenvalue weighted by atomic mass is 10.1. The van der Waals surface area contributed by atoms with Crippen LogP contribution in [0.2, 0.25) is 5.02 Å². The van der Waals surface area contributed by atoms with Crippen molar-refractivity contribution in [2.75, 3.05) is 11.9 Å². The van der Waals surface area contributed by atoms with E-state index in [9.17, 15) is 0 Å². The van der Waals surface area contributed by atoms with Crippen LogP contribution in [0.4, 0.5) is 11.4 Å². The lowest BCUT2D eigenvalue weighted by Gasteiger charge is -2.23. The van der Waals surface area contributed by atoms with E-state index in [1.807, 2.05) is 42.3 Å². The van der Waals surface area contributed by atoms with E-state index in [1.54, 1.807) is 12.1 Å². The predicted octanol–water partition coefficient (Wildman–Crippen LogP) is 4.87. The van der Waals surface area contributed by atoms with Crippen molar-refractivity contribution in [3.63, 3.8) is 0 Å². The molecule has 0 aliphatic carbocycles. The molecule has 2 aromatic carbocycles. The number of para-hydroxylation sites is 1. The summed E-state index contributed by atoms with van der Waals surface area (Å²) in [5, 5.41) is 10.3. The Kier molecular flexibility index (Phi) is 4.47. The van der Waals surface area contributed by atoms with Gasteiger partial charge in [-0.3, -0.25) is 0 Å². The first-order valence-electron chi connectivity index (χ1n) is 5.74. The van der Waals surface area contributed by atoms with Gasteiger partial charge >= 0.3 is 0 Å². The summed E-state index contributed by atoms with van der Waals surface area (Å²) in [4.78, 5) is 2.03. The third-order valence-electron chi connectivity index (χ3n) is 2.93. The van der Waals surface area contributed by atoms with Crippen molar-refractivity contribution >= 4 is 38.9 Å². The molecule has 0 fully saturated rings. The molecule has 0 unspecified atom stereocenters. The highest BCUT2D eigenvalue weighted by atomic mass is 79.9. The highest BCUT2D eigenvalue weighted by Crippen LogP contribution is 2.34. The monoisotopic (exact) mass is 334 g/mol. The van der Waals surface area contributed by atoms with Crippen LogP contribution in [0, 0.1) is 11.3 Å². The van der Waals surface area contributed by atoms with Crippen LogP contribution >= 0.6 is 27.5 Å². The molecule has 0 aliphatic rings. The Hall–Kier alpha value is -1.50. The molecule has 0 N–H and O–H groups in total. The fraction of sp³-hybridized carbons (Fsp3) is 0.133. The van der Waals surface area contributed by atoms with Crippen LogP contribution in [0.1, 0.15) is 11.1 Å². The molecule has 4 heteroatoms. The summed E-state index contributed by atoms with van der Waals surface area (Å²) in [7, 11) is 1.97. The Morgan fingerprint density at radius 1 is 1.21 bits per heavy atom. The third kappa shape index (κ3) is 2.91. The second kappa shape index (κ2) is 6.10. The number of hydrogen-bond acceptors (Lipinski definition) is 2. The highest BCUT2D eigenvalue weighted by Gasteiger charge is 2.12. The Labute approximate surface area is 126 Å². The molecule has 0 amide bonds. The standard InChI is InChI=1S/C15H12BrClN2/c1-19(13-7-5-11(10-18)6-8-13)15-12(9-16)3-2-4-14(15)17/h2-8H,9H2,1H3. The van der Waals surface area contributed by atoms with Crippen molar-refractivity contribution < 1.29 is 0 Å². The SMILES string of the molecule is CN(c1ccc(C#N)cc1)c1c(Cl)cccc1CBr. The Morgan fingerprint density at radius 2 is 1.89 bits per heavy atom. The topological polar surface area (TPSA) is 27.0 Å². The number of alkyl halides is 1. The first-order valence-corrected chi connectivity index (χ1v) is 7.24. The molecule has 0 aromatic heterocycles. The van der Waals surface area contributed by atoms with Crippen LogP contribution < -0.4 is 4.90 Å². The average Bonchev–Trinajstić information content (AvgIpc) is 2.46. The van der Waals surface area contributed by atoms with Gasteiger partial charge in [-0.2, -0.15) is 5.26 Å². The molecule has 19 heavy (non-hydrogen) atoms. The van der Waals surface area contributed by atoms with Crippen LogP contribution in [0.15, 0.2) is 42.5 Å². The zero-order chi connectivity index (χ0) is 13.8. The van der Waals surface area contributed by atoms with E-state index in [-0.39, 0.29) is 0 Å². The summed E-state index contributed by atoms with van der Waals surface area (Å²) < 4.78 is 0. The summed E-state index contributed by atoms with van der Waals surface area (Å²) >= 11 is 9.77. The maximum atomic E-state index is 8.82. The summed E-state index contributed by atoms with van der Waals surface area (Å²) in [6, 6.07) is 15.4. The molecule has 0 heterocycles. The zero-order valence-corrected chi connectivity index (χ0v) is 12.7. The molecule has 0 saturated heterocycles. The summed E-state index contributed by atoms with van der Waals surface area (Å²) in [5.74, 6) is 0. The Morgan fingerprint density at radius 3 is 2.47 bits per heavy atom. The summed E-state index contributed by atoms with van der Waals surface area (Å²) in [6.07, 6.45) is 0. The number of nitrogens with zero attached hydrogens (tertiary/aromatic N) is 2. The first-order chi connectivity index (χ1) is 9.17. The quantitative estimate of drug-likeness (QED) is 0.748. The molecule has 0 spiro atoms. The number of nitriles is 1. The van der Waals surface area contributed by atoms with Gasteiger partial charge in [0.25, 0.3) is 0 Å². The van der Waals surface area contributed by atoms with Gasteiger partial charge in [0.15, 0.2) is 0 Å². The van der Waals surface area contributed by atoms with E-state index in [4.69, 9.17) is 16.9 Å². The zero-order valence-electron chi connectivity index (χ0n) is 10.4. The van der Waals surface area contributed by atoms with Crippen LogP contribution in [-0.2, 0) is 5.33 Å². The van der Waals surface area contributed by atoms with Gasteiger partial charge in [0, 0.05) is 18.1 Å². The van der Waals surface area contributed by atoms with E-state index in [0.29, 0.717) is 10.6 Å². The highest BCUT2D eigenvalue weighted by molar-refractivity contribution is 9.08. The summed E-state index contributed by atoms with van der Waals surface area (Å²) in [5.41, 5.74) is 3.75. The number of benzene rings is 2. The minimum absolute atomic E-state index is 0.650. The molecule has 0 bridgehead atoms. The summed E-state index contributed by atoms with van der Waals surface area (Å²) in [6.45, 7) is 0. The van der Waals surface area contributed by atoms with Gasteiger partial charge in [-0.1, -0.05) is 39.7 Å². The number of anilines is 2. The largest absolute Gasteiger partial charge is 0.343 e. The van der Waals surface area contributed by atoms with Crippen LogP contribution in [0.25, 0.3) is 0 Å². The number of rotatable bonds is 3. The molecular weight excluding hydrogens is 324 g/mol. The minimum Gasteiger partial charge on any atom is -0.343 e. The van der Waals surface area contributed by atoms with Gasteiger partial charge in [-0.15, -0.1) is 0 Å². The van der Waals surface area contributed by atoms with Crippen molar-refractivity contribution in [2.45, 2.75) is 5.33 Å². The van der Waals surface area contributed by atoms with Crippen molar-refractivity contribution in [3.05, 3.63) is 58.6 Å². The fourth-order valence-electron chi connectivity index (χ4n) is 1.93. The maximum absolute atomic E-state index is 8.82. The third-order valence-corrected chi connectivity index (χ3v) is 3.84. The molecule has 2 rings (SSSR count). The van der Waals surface area contributed by atoms with Gasteiger partial charge in [-0.05, 0) is 35.9 Å². The molecule has 0 aliphatic heterocycles. The van der Waals surface area contributed by atoms with Crippen molar-refractivity contribution in [3.8, 4) is 6.07 Å². The van der Waals surface area contributed by atoms with E-state index in [0.717, 1.165) is 22.3 Å². The number of hydrogen-bond donors (Lipinski definition) is 0. The van der Waals surface area contributed by atoms with Crippen LogP contribution in [-0.4, -0.2) is 7.05 Å². The van der Waals surface area contributed by atoms with E-state index in [2.05, 4.69) is 22.0 Å². The first kappa shape index (κ1) is 13.9. The van der Waals surface area contributed by atoms with E-state index in [1.165, 1.54) is 0 Å². The molecule has 96 valence electrons. The van der Waals surface area contributed by atoms with Crippen molar-refractivity contribution in [2.24, 2.45) is 0 Å². The lowest BCUT2D eigenvalue weighted by molar-refractivity contribution is 1.18. The van der Waals surface area contributed by atoms with Gasteiger partial charge in [0.05, 0.1) is 22.3 Å². The van der Waals surface area contributed by atoms with Gasteiger partial charge in [-0.25, -0.2) is 0 Å². The van der Waals surface area contributed by atoms with Gasteiger partial charge < -0.3 is 4.90 Å². The normalized spacial score (nSPS) is 10.0. The molecule has 0 atom stereocenters. The van der Waals surface area contributed by atoms with E-state index >= 15 is 0 Å². The number of halogens is 2. The fourth-order valence-corrected chi connectivity index (χ4v) is 2.71. The van der Waals surface area contributed by atoms with Gasteiger partial charge in [0.1, 0.15) is 0 Å². The van der Waals surface area contributed by atoms with E-state index < -0.39 is 0 Å². The van der Waals surface area contributed by atoms with Crippen molar-refractivity contribution in [1.29, 1.82) is 5.26 Å². The average molecular weight is 336 g/mol. The lowest BCUT2D eigenvalue weighted by Crippen LogP contribution is -2.12. The minimum atomic E-state index is 0.650. The van der Waals surface area contributed by atoms with Crippen molar-refractivity contribution in [1.82, 2.24) is 0 Å². The van der Waals surface area contributed by atoms with Crippen LogP contribution in [0.3, 0.4) is 0 Å². The maximum Gasteiger partial charge on any atom is 0.0991 e. The molecule has 0 saturated carbocycles. The second-order valence-electron chi connectivity index (χ2n) is 4.10. The molecule has 0 radical (unpaired) electrons. The molecule has 2 aromatic rings. The molecular formula is C15H12BrClN2. The predicted molar refractivity (Wildman–Crippen MR) is 83.3 cm³/mol. The molecule has 2 nitrogen and oxygen atoms in total. The smallest absolute Gasteiger partial charge is 0.0991 e. The van der Waals surface area contributed by atoms with Crippen LogP contribution in [0.5, 0.6) is 0 Å². The van der Waals surface area contributed by atoms with Gasteiger partial charge in [0.2, 0.25) is 0 Å². The Bertz CT molecular complexity index is 617. The Balaban J connectivity index is 2.43.